The normalized spacial score (nSPS) is 43.1. The van der Waals surface area contributed by atoms with Crippen LogP contribution in [-0.2, 0) is 32.2 Å². The zero-order chi connectivity index (χ0) is 62.1. The number of unbranched alkanes of at least 4 members (excludes halogenated alkanes) is 6. The first-order valence-corrected chi connectivity index (χ1v) is 35.7. The predicted octanol–water partition coefficient (Wildman–Crippen LogP) is 16.5. The van der Waals surface area contributed by atoms with E-state index in [9.17, 15) is 29.4 Å². The van der Waals surface area contributed by atoms with Gasteiger partial charge in [0.05, 0.1) is 36.3 Å². The van der Waals surface area contributed by atoms with Crippen LogP contribution in [0.4, 0.5) is 0 Å². The van der Waals surface area contributed by atoms with Crippen LogP contribution in [0.25, 0.3) is 0 Å². The molecule has 1 aromatic heterocycles. The molecule has 10 heteroatoms. The minimum Gasteiger partial charge on any atom is -0.465 e. The third-order valence-electron chi connectivity index (χ3n) is 30.2. The van der Waals surface area contributed by atoms with Crippen LogP contribution in [0.5, 0.6) is 0 Å². The Labute approximate surface area is 520 Å². The monoisotopic (exact) mass is 1190 g/mol. The average Bonchev–Trinajstić information content (AvgIpc) is 0.691. The molecule has 0 aromatic carbocycles. The van der Waals surface area contributed by atoms with Crippen LogP contribution in [0.1, 0.15) is 277 Å². The van der Waals surface area contributed by atoms with Crippen molar-refractivity contribution >= 4 is 11.9 Å². The highest BCUT2D eigenvalue weighted by atomic mass is 16.5. The number of nitrogens with zero attached hydrogens (tertiary/aromatic N) is 2. The van der Waals surface area contributed by atoms with Crippen molar-refractivity contribution in [3.8, 4) is 0 Å². The second-order valence-electron chi connectivity index (χ2n) is 35.9. The first-order chi connectivity index (χ1) is 40.2. The van der Waals surface area contributed by atoms with Gasteiger partial charge in [-0.2, -0.15) is 0 Å². The number of carbonyl (C=O) groups is 2. The van der Waals surface area contributed by atoms with Gasteiger partial charge in [-0.05, 0) is 257 Å². The lowest BCUT2D eigenvalue weighted by Crippen LogP contribution is -2.65. The number of hydrogen-bond donors (Lipinski definition) is 2. The summed E-state index contributed by atoms with van der Waals surface area (Å²) in [6, 6.07) is 1.52. The Morgan fingerprint density at radius 3 is 1.34 bits per heavy atom. The minimum atomic E-state index is -0.475. The zero-order valence-electron chi connectivity index (χ0n) is 56.8. The highest BCUT2D eigenvalue weighted by Gasteiger charge is 2.72. The van der Waals surface area contributed by atoms with E-state index in [0.717, 1.165) is 154 Å². The summed E-state index contributed by atoms with van der Waals surface area (Å²) in [5, 5.41) is 22.4. The second kappa shape index (κ2) is 22.4. The Bertz CT molecular complexity index is 2920. The number of hydrogen-bond acceptors (Lipinski definition) is 8. The standard InChI is InChI=1S/C76H120N2O8/c1-65(2)36-40-75(42-38-71(11)51(53(75)49-65)23-25-57-69(9)32-29-59(79)67(5,6)55(69)27-34-73(57,71)13)62(82)85-47-21-17-15-19-44-77-46-31-61(81)78(64(77)84)45-20-16-18-22-48-86-63(83)76-41-37-66(3,4)50-54(76)52-24-26-58-70(10)33-30-60(80)68(7,8)56(70)28-35-74(58,14)72(52,12)39-43-76/h23-24,31,46,53-60,79-80H,15-22,25-30,32-45,47-50H2,1-14H3/t53-,54-,55?,56?,57?,58?,59-,60-,69-,70-,71+,72+,73+,74+,75-,76-/m0/s1. The van der Waals surface area contributed by atoms with E-state index in [1.807, 2.05) is 0 Å². The molecular formula is C76H120N2O8. The Morgan fingerprint density at radius 2 is 0.895 bits per heavy atom. The van der Waals surface area contributed by atoms with Gasteiger partial charge in [-0.25, -0.2) is 4.79 Å². The van der Waals surface area contributed by atoms with Gasteiger partial charge in [0.15, 0.2) is 0 Å². The van der Waals surface area contributed by atoms with Gasteiger partial charge in [-0.1, -0.05) is 133 Å². The van der Waals surface area contributed by atoms with Crippen molar-refractivity contribution < 1.29 is 29.3 Å². The van der Waals surface area contributed by atoms with Gasteiger partial charge in [0.25, 0.3) is 5.56 Å². The van der Waals surface area contributed by atoms with Gasteiger partial charge in [0.1, 0.15) is 0 Å². The molecule has 2 N–H and O–H groups in total. The first kappa shape index (κ1) is 64.5. The Balaban J connectivity index is 0.633. The van der Waals surface area contributed by atoms with Crippen LogP contribution in [0.3, 0.4) is 0 Å². The quantitative estimate of drug-likeness (QED) is 0.0948. The maximum Gasteiger partial charge on any atom is 0.330 e. The van der Waals surface area contributed by atoms with Gasteiger partial charge in [-0.15, -0.1) is 0 Å². The zero-order valence-corrected chi connectivity index (χ0v) is 56.8. The summed E-state index contributed by atoms with van der Waals surface area (Å²) in [6.45, 7) is 36.2. The Kier molecular flexibility index (Phi) is 16.8. The van der Waals surface area contributed by atoms with Crippen LogP contribution in [0.2, 0.25) is 0 Å². The van der Waals surface area contributed by atoms with Gasteiger partial charge in [0, 0.05) is 25.4 Å². The molecule has 0 amide bonds. The molecule has 0 aliphatic heterocycles. The molecule has 8 fully saturated rings. The van der Waals surface area contributed by atoms with E-state index >= 15 is 0 Å². The number of esters is 2. The molecule has 1 heterocycles. The van der Waals surface area contributed by atoms with Gasteiger partial charge in [-0.3, -0.25) is 19.0 Å². The molecular weight excluding hydrogens is 1070 g/mol. The van der Waals surface area contributed by atoms with E-state index in [2.05, 4.69) is 109 Å². The Hall–Kier alpha value is -2.98. The van der Waals surface area contributed by atoms with Crippen LogP contribution >= 0.6 is 0 Å². The van der Waals surface area contributed by atoms with E-state index in [-0.39, 0.29) is 101 Å². The largest absolute Gasteiger partial charge is 0.465 e. The smallest absolute Gasteiger partial charge is 0.330 e. The topological polar surface area (TPSA) is 137 Å². The predicted molar refractivity (Wildman–Crippen MR) is 344 cm³/mol. The lowest BCUT2D eigenvalue weighted by Gasteiger charge is -2.71. The number of aliphatic hydroxyl groups is 2. The average molecular weight is 1190 g/mol. The third kappa shape index (κ3) is 9.98. The molecule has 86 heavy (non-hydrogen) atoms. The van der Waals surface area contributed by atoms with E-state index in [1.165, 1.54) is 29.9 Å². The van der Waals surface area contributed by atoms with Gasteiger partial charge in [0.2, 0.25) is 0 Å². The fourth-order valence-electron chi connectivity index (χ4n) is 24.2. The van der Waals surface area contributed by atoms with Crippen molar-refractivity contribution in [1.82, 2.24) is 9.13 Å². The Morgan fingerprint density at radius 1 is 0.488 bits per heavy atom. The van der Waals surface area contributed by atoms with Crippen LogP contribution < -0.4 is 11.2 Å². The number of aryl methyl sites for hydroxylation is 1. The number of allylic oxidation sites excluding steroid dienone is 4. The van der Waals surface area contributed by atoms with Crippen molar-refractivity contribution in [1.29, 1.82) is 0 Å². The maximum absolute atomic E-state index is 14.7. The number of carbonyl (C=O) groups excluding carboxylic acids is 2. The van der Waals surface area contributed by atoms with Crippen LogP contribution in [0, 0.1) is 100 Å². The molecule has 10 aliphatic rings. The lowest BCUT2D eigenvalue weighted by molar-refractivity contribution is -0.206. The minimum absolute atomic E-state index is 0.0133. The van der Waals surface area contributed by atoms with Crippen molar-refractivity contribution in [3.63, 3.8) is 0 Å². The van der Waals surface area contributed by atoms with Crippen molar-refractivity contribution in [2.45, 2.75) is 302 Å². The van der Waals surface area contributed by atoms with Crippen molar-refractivity contribution in [2.75, 3.05) is 13.2 Å². The number of ether oxygens (including phenoxy) is 2. The van der Waals surface area contributed by atoms with E-state index in [1.54, 1.807) is 21.9 Å². The van der Waals surface area contributed by atoms with Gasteiger partial charge >= 0.3 is 17.6 Å². The summed E-state index contributed by atoms with van der Waals surface area (Å²) in [4.78, 5) is 56.0. The summed E-state index contributed by atoms with van der Waals surface area (Å²) in [6.07, 6.45) is 33.6. The molecule has 0 radical (unpaired) electrons. The summed E-state index contributed by atoms with van der Waals surface area (Å²) >= 11 is 0. The number of fused-ring (bicyclic) bond motifs is 14. The number of aromatic nitrogens is 2. The van der Waals surface area contributed by atoms with E-state index in [0.29, 0.717) is 56.4 Å². The fourth-order valence-corrected chi connectivity index (χ4v) is 24.2. The SMILES string of the molecule is CC1(C)CC[C@]2(C(=O)OCCCCCCn3ccc(=O)n(CCCCCCOC(=O)[C@]45CCC(C)(C)C[C@H]4C4=CCC6[C@@]7(C)CC[C@H](O)C(C)(C)C7CC[C@@]6(C)[C@]4(C)CC5)c3=O)CC[C@]3(C)C(=CCC4[C@@]5(C)CC[C@H](O)C(C)(C)C5CC[C@]43C)[C@@H]2C1. The molecule has 1 aromatic rings. The highest BCUT2D eigenvalue weighted by molar-refractivity contribution is 5.79. The molecule has 482 valence electrons. The molecule has 16 atom stereocenters. The van der Waals surface area contributed by atoms with Crippen molar-refractivity contribution in [3.05, 3.63) is 56.4 Å². The number of aliphatic hydroxyl groups excluding tert-OH is 2. The van der Waals surface area contributed by atoms with E-state index in [4.69, 9.17) is 9.47 Å². The summed E-state index contributed by atoms with van der Waals surface area (Å²) in [7, 11) is 0. The third-order valence-corrected chi connectivity index (χ3v) is 30.2. The maximum atomic E-state index is 14.7. The molecule has 11 rings (SSSR count). The molecule has 0 bridgehead atoms. The fraction of sp³-hybridized carbons (Fsp3) is 0.868. The first-order valence-electron chi connectivity index (χ1n) is 35.7. The lowest BCUT2D eigenvalue weighted by atomic mass is 9.33. The van der Waals surface area contributed by atoms with Crippen molar-refractivity contribution in [2.24, 2.45) is 100 Å². The van der Waals surface area contributed by atoms with Crippen LogP contribution in [0.15, 0.2) is 45.2 Å². The molecule has 10 aliphatic carbocycles. The number of rotatable bonds is 16. The summed E-state index contributed by atoms with van der Waals surface area (Å²) in [5.41, 5.74) is 2.58. The van der Waals surface area contributed by atoms with Gasteiger partial charge < -0.3 is 24.3 Å². The molecule has 4 unspecified atom stereocenters. The van der Waals surface area contributed by atoms with Crippen LogP contribution in [-0.4, -0.2) is 56.7 Å². The summed E-state index contributed by atoms with van der Waals surface area (Å²) < 4.78 is 15.8. The second-order valence-corrected chi connectivity index (χ2v) is 35.9. The molecule has 10 nitrogen and oxygen atoms in total. The summed E-state index contributed by atoms with van der Waals surface area (Å²) in [5.74, 6) is 2.60. The molecule has 0 saturated heterocycles. The van der Waals surface area contributed by atoms with E-state index < -0.39 is 10.8 Å². The highest BCUT2D eigenvalue weighted by Crippen LogP contribution is 2.78. The molecule has 0 spiro atoms. The molecule has 8 saturated carbocycles.